The molecule has 204 valence electrons. The summed E-state index contributed by atoms with van der Waals surface area (Å²) in [6.07, 6.45) is 5.72. The van der Waals surface area contributed by atoms with Crippen molar-refractivity contribution in [2.24, 2.45) is 11.8 Å². The number of piperidine rings is 1. The first-order valence-electron chi connectivity index (χ1n) is 13.5. The van der Waals surface area contributed by atoms with Crippen LogP contribution in [-0.2, 0) is 21.5 Å². The number of fused-ring (bicyclic) bond motifs is 1. The summed E-state index contributed by atoms with van der Waals surface area (Å²) < 4.78 is 22.2. The molecule has 2 aromatic heterocycles. The fraction of sp³-hybridized carbons (Fsp3) is 0.429. The first kappa shape index (κ1) is 24.7. The average Bonchev–Trinajstić information content (AvgIpc) is 3.65. The summed E-state index contributed by atoms with van der Waals surface area (Å²) in [5.41, 5.74) is 1.27. The molecule has 0 bridgehead atoms. The van der Waals surface area contributed by atoms with E-state index in [4.69, 9.17) is 4.74 Å². The largest absolute Gasteiger partial charge is 0.442 e. The molecule has 7 rings (SSSR count). The summed E-state index contributed by atoms with van der Waals surface area (Å²) in [5, 5.41) is 21.0. The smallest absolute Gasteiger partial charge is 0.414 e. The first-order chi connectivity index (χ1) is 19.5. The molecule has 40 heavy (non-hydrogen) atoms. The van der Waals surface area contributed by atoms with Gasteiger partial charge in [-0.25, -0.2) is 13.9 Å². The van der Waals surface area contributed by atoms with Crippen molar-refractivity contribution in [2.75, 3.05) is 31.1 Å². The van der Waals surface area contributed by atoms with Gasteiger partial charge in [0.05, 0.1) is 42.8 Å². The van der Waals surface area contributed by atoms with Crippen molar-refractivity contribution in [1.82, 2.24) is 30.2 Å². The maximum absolute atomic E-state index is 15.2. The van der Waals surface area contributed by atoms with E-state index in [1.54, 1.807) is 47.5 Å². The van der Waals surface area contributed by atoms with Gasteiger partial charge in [0.15, 0.2) is 0 Å². The molecule has 3 saturated heterocycles. The molecule has 5 heterocycles. The Labute approximate surface area is 229 Å². The van der Waals surface area contributed by atoms with Gasteiger partial charge in [0.25, 0.3) is 0 Å². The number of carbonyl (C=O) groups excluding carboxylic acids is 2. The lowest BCUT2D eigenvalue weighted by atomic mass is 9.95. The highest BCUT2D eigenvalue weighted by atomic mass is 19.1. The van der Waals surface area contributed by atoms with Crippen molar-refractivity contribution in [3.8, 4) is 17.2 Å². The highest BCUT2D eigenvalue weighted by molar-refractivity contribution is 5.90. The van der Waals surface area contributed by atoms with Gasteiger partial charge in [-0.3, -0.25) is 14.7 Å². The highest BCUT2D eigenvalue weighted by Gasteiger charge is 2.71. The number of nitriles is 1. The number of amides is 2. The molecular weight excluding hydrogens is 515 g/mol. The van der Waals surface area contributed by atoms with Gasteiger partial charge in [-0.1, -0.05) is 11.3 Å². The van der Waals surface area contributed by atoms with Crippen molar-refractivity contribution >= 4 is 17.7 Å². The number of halogens is 1. The van der Waals surface area contributed by atoms with Crippen LogP contribution in [0.15, 0.2) is 48.9 Å². The van der Waals surface area contributed by atoms with Crippen molar-refractivity contribution in [3.63, 3.8) is 0 Å². The number of anilines is 1. The van der Waals surface area contributed by atoms with Crippen LogP contribution < -0.4 is 10.2 Å². The highest BCUT2D eigenvalue weighted by Crippen LogP contribution is 2.62. The second-order valence-corrected chi connectivity index (χ2v) is 10.9. The van der Waals surface area contributed by atoms with Gasteiger partial charge in [-0.15, -0.1) is 5.10 Å². The molecule has 0 spiro atoms. The van der Waals surface area contributed by atoms with Crippen molar-refractivity contribution in [2.45, 2.75) is 36.9 Å². The fourth-order valence-electron chi connectivity index (χ4n) is 6.60. The molecule has 4 fully saturated rings. The average molecular weight is 543 g/mol. The van der Waals surface area contributed by atoms with E-state index in [1.807, 2.05) is 4.90 Å². The van der Waals surface area contributed by atoms with Gasteiger partial charge in [0, 0.05) is 48.4 Å². The number of nitrogens with one attached hydrogen (secondary N) is 1. The number of hydrogen-bond donors (Lipinski definition) is 1. The summed E-state index contributed by atoms with van der Waals surface area (Å²) in [4.78, 5) is 33.1. The Morgan fingerprint density at radius 3 is 2.73 bits per heavy atom. The van der Waals surface area contributed by atoms with Crippen LogP contribution in [0.25, 0.3) is 11.1 Å². The molecule has 0 unspecified atom stereocenters. The lowest BCUT2D eigenvalue weighted by Crippen LogP contribution is -2.44. The molecule has 3 aromatic rings. The zero-order chi connectivity index (χ0) is 27.4. The quantitative estimate of drug-likeness (QED) is 0.502. The van der Waals surface area contributed by atoms with Crippen LogP contribution in [0.4, 0.5) is 14.9 Å². The summed E-state index contributed by atoms with van der Waals surface area (Å²) in [6.45, 7) is 2.63. The van der Waals surface area contributed by atoms with E-state index in [0.29, 0.717) is 42.1 Å². The van der Waals surface area contributed by atoms with Crippen molar-refractivity contribution in [1.29, 1.82) is 5.26 Å². The Hall–Kier alpha value is -4.37. The normalized spacial score (nSPS) is 28.9. The number of benzene rings is 1. The van der Waals surface area contributed by atoms with E-state index in [2.05, 4.69) is 26.7 Å². The van der Waals surface area contributed by atoms with Crippen molar-refractivity contribution < 1.29 is 18.7 Å². The van der Waals surface area contributed by atoms with Crippen molar-refractivity contribution in [3.05, 3.63) is 60.4 Å². The minimum Gasteiger partial charge on any atom is -0.442 e. The van der Waals surface area contributed by atoms with Crippen LogP contribution in [0.5, 0.6) is 0 Å². The molecule has 1 aromatic carbocycles. The van der Waals surface area contributed by atoms with E-state index in [-0.39, 0.29) is 30.3 Å². The van der Waals surface area contributed by atoms with Gasteiger partial charge in [0.2, 0.25) is 5.91 Å². The number of nitrogens with zero attached hydrogens (tertiary/aromatic N) is 7. The van der Waals surface area contributed by atoms with E-state index in [9.17, 15) is 14.9 Å². The monoisotopic (exact) mass is 542 g/mol. The summed E-state index contributed by atoms with van der Waals surface area (Å²) >= 11 is 0. The molecule has 1 aliphatic carbocycles. The predicted octanol–water partition coefficient (Wildman–Crippen LogP) is 2.11. The summed E-state index contributed by atoms with van der Waals surface area (Å²) in [6, 6.07) is 10.6. The van der Waals surface area contributed by atoms with E-state index >= 15 is 4.39 Å². The van der Waals surface area contributed by atoms with E-state index in [1.165, 1.54) is 11.0 Å². The van der Waals surface area contributed by atoms with Crippen LogP contribution in [0.2, 0.25) is 0 Å². The number of hydrogen-bond acceptors (Lipinski definition) is 8. The Morgan fingerprint density at radius 1 is 1.23 bits per heavy atom. The van der Waals surface area contributed by atoms with Gasteiger partial charge >= 0.3 is 6.09 Å². The molecule has 4 aliphatic rings. The number of rotatable bonds is 6. The molecule has 5 atom stereocenters. The summed E-state index contributed by atoms with van der Waals surface area (Å²) in [7, 11) is 0. The number of cyclic esters (lactones) is 1. The van der Waals surface area contributed by atoms with Gasteiger partial charge in [-0.05, 0) is 43.7 Å². The molecule has 1 saturated carbocycles. The number of aromatic nitrogens is 4. The Morgan fingerprint density at radius 2 is 2.08 bits per heavy atom. The van der Waals surface area contributed by atoms with Crippen LogP contribution >= 0.6 is 0 Å². The molecule has 2 amide bonds. The van der Waals surface area contributed by atoms with Crippen LogP contribution in [-0.4, -0.2) is 75.2 Å². The van der Waals surface area contributed by atoms with Crippen LogP contribution in [0, 0.1) is 29.0 Å². The second-order valence-electron chi connectivity index (χ2n) is 10.9. The van der Waals surface area contributed by atoms with Gasteiger partial charge in [0.1, 0.15) is 17.3 Å². The lowest BCUT2D eigenvalue weighted by Gasteiger charge is -2.25. The van der Waals surface area contributed by atoms with Crippen LogP contribution in [0.3, 0.4) is 0 Å². The minimum absolute atomic E-state index is 0.0609. The van der Waals surface area contributed by atoms with Crippen LogP contribution in [0.1, 0.15) is 18.5 Å². The lowest BCUT2D eigenvalue weighted by molar-refractivity contribution is -0.132. The third kappa shape index (κ3) is 3.92. The SMILES string of the molecule is N#C[C@]1(c2ccc(-c3ccc(N4C[C@H](Cn5ccnn5)OC4=O)cc3F)cn2)[C@@H]2CN(C(=O)[C@@H]3CCCN3)C[C@@H]21. The molecule has 3 aliphatic heterocycles. The Balaban J connectivity index is 1.03. The molecule has 0 radical (unpaired) electrons. The number of carbonyl (C=O) groups is 2. The minimum atomic E-state index is -0.709. The maximum atomic E-state index is 15.2. The fourth-order valence-corrected chi connectivity index (χ4v) is 6.60. The predicted molar refractivity (Wildman–Crippen MR) is 139 cm³/mol. The molecular formula is C28H27FN8O3. The maximum Gasteiger partial charge on any atom is 0.414 e. The Bertz CT molecular complexity index is 1490. The van der Waals surface area contributed by atoms with Gasteiger partial charge in [-0.2, -0.15) is 5.26 Å². The zero-order valence-corrected chi connectivity index (χ0v) is 21.6. The summed E-state index contributed by atoms with van der Waals surface area (Å²) in [5.74, 6) is -0.240. The number of pyridine rings is 1. The first-order valence-corrected chi connectivity index (χ1v) is 13.5. The van der Waals surface area contributed by atoms with E-state index in [0.717, 1.165) is 19.4 Å². The molecule has 11 nitrogen and oxygen atoms in total. The molecule has 12 heteroatoms. The van der Waals surface area contributed by atoms with E-state index < -0.39 is 23.4 Å². The Kier molecular flexibility index (Phi) is 5.78. The zero-order valence-electron chi connectivity index (χ0n) is 21.6. The topological polar surface area (TPSA) is 129 Å². The third-order valence-electron chi connectivity index (χ3n) is 8.73. The third-order valence-corrected chi connectivity index (χ3v) is 8.73. The van der Waals surface area contributed by atoms with Gasteiger partial charge < -0.3 is 15.0 Å². The number of ether oxygens (including phenoxy) is 1. The number of likely N-dealkylation sites (tertiary alicyclic amines) is 1. The standard InChI is InChI=1S/C28H27FN8O3/c29-23-10-18(37-13-19(40-27(37)39)12-36-9-8-33-34-36)4-5-20(23)17-3-6-25(32-11-17)28(16-30)21-14-35(15-22(21)28)26(38)24-2-1-7-31-24/h3-6,8-11,19,21-22,24,31H,1-2,7,12-15H2/t19-,21-,22+,24-,28+/m0/s1. The molecule has 1 N–H and O–H groups in total. The second kappa shape index (κ2) is 9.38.